The van der Waals surface area contributed by atoms with E-state index in [-0.39, 0.29) is 6.61 Å². The van der Waals surface area contributed by atoms with Gasteiger partial charge in [-0.15, -0.1) is 0 Å². The average Bonchev–Trinajstić information content (AvgIpc) is 3.03. The summed E-state index contributed by atoms with van der Waals surface area (Å²) in [6.07, 6.45) is 2.14. The van der Waals surface area contributed by atoms with Crippen LogP contribution in [0.25, 0.3) is 11.0 Å². The van der Waals surface area contributed by atoms with E-state index in [0.29, 0.717) is 22.5 Å². The van der Waals surface area contributed by atoms with Gasteiger partial charge in [-0.3, -0.25) is 0 Å². The van der Waals surface area contributed by atoms with Gasteiger partial charge in [-0.05, 0) is 48.6 Å². The first-order valence-electron chi connectivity index (χ1n) is 8.90. The standard InChI is InChI=1S/C20H21Cl2N3O/c21-16-8-7-14(10-17(16)22)12-25-19-6-2-1-5-18(19)23-20(25)24-9-3-4-15(11-24)13-26/h1-2,5-8,10,15,26H,3-4,9,11-13H2/t15-/m0/s1. The fourth-order valence-electron chi connectivity index (χ4n) is 3.68. The predicted octanol–water partition coefficient (Wildman–Crippen LogP) is 4.60. The van der Waals surface area contributed by atoms with Crippen LogP contribution in [-0.4, -0.2) is 34.4 Å². The number of para-hydroxylation sites is 2. The largest absolute Gasteiger partial charge is 0.396 e. The van der Waals surface area contributed by atoms with Crippen molar-refractivity contribution in [2.45, 2.75) is 19.4 Å². The molecule has 0 saturated carbocycles. The number of halogens is 2. The molecular formula is C20H21Cl2N3O. The third-order valence-electron chi connectivity index (χ3n) is 5.02. The Morgan fingerprint density at radius 1 is 1.12 bits per heavy atom. The highest BCUT2D eigenvalue weighted by Crippen LogP contribution is 2.29. The van der Waals surface area contributed by atoms with Crippen molar-refractivity contribution in [1.29, 1.82) is 0 Å². The van der Waals surface area contributed by atoms with Crippen LogP contribution in [0.1, 0.15) is 18.4 Å². The number of hydrogen-bond donors (Lipinski definition) is 1. The van der Waals surface area contributed by atoms with E-state index >= 15 is 0 Å². The van der Waals surface area contributed by atoms with E-state index in [1.807, 2.05) is 36.4 Å². The molecule has 3 aromatic rings. The molecule has 0 unspecified atom stereocenters. The van der Waals surface area contributed by atoms with Crippen LogP contribution in [0, 0.1) is 5.92 Å². The van der Waals surface area contributed by atoms with Gasteiger partial charge in [0.15, 0.2) is 0 Å². The Bertz CT molecular complexity index is 925. The van der Waals surface area contributed by atoms with Crippen molar-refractivity contribution < 1.29 is 5.11 Å². The van der Waals surface area contributed by atoms with E-state index in [4.69, 9.17) is 28.2 Å². The summed E-state index contributed by atoms with van der Waals surface area (Å²) in [6.45, 7) is 2.69. The molecule has 1 aliphatic heterocycles. The van der Waals surface area contributed by atoms with E-state index in [1.165, 1.54) is 0 Å². The number of piperidine rings is 1. The van der Waals surface area contributed by atoms with Crippen LogP contribution in [0.15, 0.2) is 42.5 Å². The fourth-order valence-corrected chi connectivity index (χ4v) is 4.00. The van der Waals surface area contributed by atoms with Gasteiger partial charge >= 0.3 is 0 Å². The molecule has 4 nitrogen and oxygen atoms in total. The third-order valence-corrected chi connectivity index (χ3v) is 5.76. The minimum absolute atomic E-state index is 0.226. The van der Waals surface area contributed by atoms with E-state index in [2.05, 4.69) is 15.5 Å². The SMILES string of the molecule is OC[C@H]1CCCN(c2nc3ccccc3n2Cc2ccc(Cl)c(Cl)c2)C1. The lowest BCUT2D eigenvalue weighted by molar-refractivity contribution is 0.208. The van der Waals surface area contributed by atoms with Gasteiger partial charge in [-0.25, -0.2) is 4.98 Å². The zero-order valence-electron chi connectivity index (χ0n) is 14.4. The van der Waals surface area contributed by atoms with Crippen molar-refractivity contribution in [1.82, 2.24) is 9.55 Å². The summed E-state index contributed by atoms with van der Waals surface area (Å²) < 4.78 is 2.23. The zero-order valence-corrected chi connectivity index (χ0v) is 15.9. The van der Waals surface area contributed by atoms with E-state index in [0.717, 1.165) is 48.5 Å². The summed E-state index contributed by atoms with van der Waals surface area (Å²) in [5.74, 6) is 1.26. The number of nitrogens with zero attached hydrogens (tertiary/aromatic N) is 3. The monoisotopic (exact) mass is 389 g/mol. The molecule has 26 heavy (non-hydrogen) atoms. The number of imidazole rings is 1. The minimum Gasteiger partial charge on any atom is -0.396 e. The van der Waals surface area contributed by atoms with Crippen LogP contribution >= 0.6 is 23.2 Å². The molecule has 0 aliphatic carbocycles. The lowest BCUT2D eigenvalue weighted by Crippen LogP contribution is -2.38. The topological polar surface area (TPSA) is 41.3 Å². The molecule has 0 radical (unpaired) electrons. The third kappa shape index (κ3) is 3.41. The fraction of sp³-hybridized carbons (Fsp3) is 0.350. The van der Waals surface area contributed by atoms with Crippen molar-refractivity contribution in [3.8, 4) is 0 Å². The van der Waals surface area contributed by atoms with E-state index in [9.17, 15) is 5.11 Å². The Balaban J connectivity index is 1.75. The predicted molar refractivity (Wildman–Crippen MR) is 107 cm³/mol. The Morgan fingerprint density at radius 2 is 1.96 bits per heavy atom. The molecule has 1 aromatic heterocycles. The second-order valence-electron chi connectivity index (χ2n) is 6.87. The van der Waals surface area contributed by atoms with Crippen LogP contribution in [0.5, 0.6) is 0 Å². The number of aliphatic hydroxyl groups is 1. The van der Waals surface area contributed by atoms with Gasteiger partial charge < -0.3 is 14.6 Å². The quantitative estimate of drug-likeness (QED) is 0.708. The van der Waals surface area contributed by atoms with Crippen molar-refractivity contribution in [3.63, 3.8) is 0 Å². The van der Waals surface area contributed by atoms with Gasteiger partial charge in [0.05, 0.1) is 27.6 Å². The lowest BCUT2D eigenvalue weighted by atomic mass is 9.99. The first-order chi connectivity index (χ1) is 12.7. The Labute approximate surface area is 163 Å². The molecule has 1 atom stereocenters. The average molecular weight is 390 g/mol. The first-order valence-corrected chi connectivity index (χ1v) is 9.66. The lowest BCUT2D eigenvalue weighted by Gasteiger charge is -2.33. The number of aliphatic hydroxyl groups excluding tert-OH is 1. The molecule has 0 spiro atoms. The van der Waals surface area contributed by atoms with E-state index in [1.54, 1.807) is 0 Å². The zero-order chi connectivity index (χ0) is 18.1. The van der Waals surface area contributed by atoms with Crippen LogP contribution in [0.3, 0.4) is 0 Å². The summed E-state index contributed by atoms with van der Waals surface area (Å²) in [6, 6.07) is 13.9. The molecule has 1 fully saturated rings. The van der Waals surface area contributed by atoms with Crippen LogP contribution in [-0.2, 0) is 6.54 Å². The highest BCUT2D eigenvalue weighted by molar-refractivity contribution is 6.42. The highest BCUT2D eigenvalue weighted by Gasteiger charge is 2.24. The maximum absolute atomic E-state index is 9.58. The molecule has 6 heteroatoms. The van der Waals surface area contributed by atoms with Gasteiger partial charge in [0.2, 0.25) is 5.95 Å². The molecule has 4 rings (SSSR count). The molecule has 136 valence electrons. The molecule has 1 aliphatic rings. The van der Waals surface area contributed by atoms with Gasteiger partial charge in [0.25, 0.3) is 0 Å². The van der Waals surface area contributed by atoms with Gasteiger partial charge in [-0.1, -0.05) is 41.4 Å². The molecule has 2 aromatic carbocycles. The van der Waals surface area contributed by atoms with Gasteiger partial charge in [-0.2, -0.15) is 0 Å². The number of anilines is 1. The summed E-state index contributed by atoms with van der Waals surface area (Å²) in [4.78, 5) is 7.18. The molecule has 2 heterocycles. The van der Waals surface area contributed by atoms with E-state index < -0.39 is 0 Å². The second kappa shape index (κ2) is 7.47. The molecule has 1 N–H and O–H groups in total. The Morgan fingerprint density at radius 3 is 2.77 bits per heavy atom. The smallest absolute Gasteiger partial charge is 0.206 e. The van der Waals surface area contributed by atoms with Crippen LogP contribution in [0.2, 0.25) is 10.0 Å². The van der Waals surface area contributed by atoms with Crippen molar-refractivity contribution >= 4 is 40.2 Å². The number of fused-ring (bicyclic) bond motifs is 1. The number of benzene rings is 2. The van der Waals surface area contributed by atoms with Crippen molar-refractivity contribution in [2.24, 2.45) is 5.92 Å². The molecule has 0 amide bonds. The normalized spacial score (nSPS) is 17.8. The molecular weight excluding hydrogens is 369 g/mol. The first kappa shape index (κ1) is 17.7. The maximum Gasteiger partial charge on any atom is 0.206 e. The Hall–Kier alpha value is -1.75. The maximum atomic E-state index is 9.58. The summed E-state index contributed by atoms with van der Waals surface area (Å²) in [5.41, 5.74) is 3.16. The summed E-state index contributed by atoms with van der Waals surface area (Å²) >= 11 is 12.3. The highest BCUT2D eigenvalue weighted by atomic mass is 35.5. The van der Waals surface area contributed by atoms with Gasteiger partial charge in [0, 0.05) is 19.7 Å². The van der Waals surface area contributed by atoms with Crippen LogP contribution in [0.4, 0.5) is 5.95 Å². The Kier molecular flexibility index (Phi) is 5.07. The van der Waals surface area contributed by atoms with Crippen molar-refractivity contribution in [2.75, 3.05) is 24.6 Å². The van der Waals surface area contributed by atoms with Crippen molar-refractivity contribution in [3.05, 3.63) is 58.1 Å². The van der Waals surface area contributed by atoms with Gasteiger partial charge in [0.1, 0.15) is 0 Å². The summed E-state index contributed by atoms with van der Waals surface area (Å²) in [5, 5.41) is 10.7. The number of hydrogen-bond acceptors (Lipinski definition) is 3. The number of rotatable bonds is 4. The summed E-state index contributed by atoms with van der Waals surface area (Å²) in [7, 11) is 0. The molecule has 1 saturated heterocycles. The molecule has 0 bridgehead atoms. The van der Waals surface area contributed by atoms with Crippen LogP contribution < -0.4 is 4.90 Å². The number of aromatic nitrogens is 2. The minimum atomic E-state index is 0.226. The second-order valence-corrected chi connectivity index (χ2v) is 7.69.